The highest BCUT2D eigenvalue weighted by atomic mass is 19.1. The average Bonchev–Trinajstić information content (AvgIpc) is 2.72. The fraction of sp³-hybridized carbons (Fsp3) is 0.308. The summed E-state index contributed by atoms with van der Waals surface area (Å²) in [6.07, 6.45) is 5.28. The Morgan fingerprint density at radius 2 is 2.12 bits per heavy atom. The highest BCUT2D eigenvalue weighted by molar-refractivity contribution is 5.19. The molecule has 2 nitrogen and oxygen atoms in total. The molecule has 0 fully saturated rings. The molecule has 4 heteroatoms. The predicted octanol–water partition coefficient (Wildman–Crippen LogP) is 3.16. The van der Waals surface area contributed by atoms with Crippen molar-refractivity contribution < 1.29 is 8.78 Å². The first-order valence-corrected chi connectivity index (χ1v) is 5.64. The van der Waals surface area contributed by atoms with Crippen molar-refractivity contribution >= 4 is 0 Å². The minimum atomic E-state index is -0.418. The molecule has 0 spiro atoms. The van der Waals surface area contributed by atoms with Gasteiger partial charge in [-0.1, -0.05) is 6.92 Å². The van der Waals surface area contributed by atoms with Crippen LogP contribution in [-0.4, -0.2) is 9.55 Å². The second kappa shape index (κ2) is 5.08. The topological polar surface area (TPSA) is 17.8 Å². The largest absolute Gasteiger partial charge is 0.330 e. The highest BCUT2D eigenvalue weighted by Gasteiger charge is 2.07. The Labute approximate surface area is 98.9 Å². The molecule has 1 aromatic carbocycles. The van der Waals surface area contributed by atoms with E-state index in [2.05, 4.69) is 11.9 Å². The molecule has 0 aliphatic heterocycles. The van der Waals surface area contributed by atoms with Crippen LogP contribution in [0, 0.1) is 11.6 Å². The van der Waals surface area contributed by atoms with Gasteiger partial charge >= 0.3 is 0 Å². The first kappa shape index (κ1) is 11.8. The van der Waals surface area contributed by atoms with E-state index in [1.807, 2.05) is 4.57 Å². The van der Waals surface area contributed by atoms with E-state index in [4.69, 9.17) is 0 Å². The van der Waals surface area contributed by atoms with Gasteiger partial charge in [-0.25, -0.2) is 13.8 Å². The lowest BCUT2D eigenvalue weighted by Gasteiger charge is -2.08. The molecule has 0 bridgehead atoms. The number of aryl methyl sites for hydroxylation is 1. The van der Waals surface area contributed by atoms with Gasteiger partial charge < -0.3 is 4.57 Å². The Kier molecular flexibility index (Phi) is 3.52. The maximum atomic E-state index is 13.5. The molecule has 90 valence electrons. The van der Waals surface area contributed by atoms with Gasteiger partial charge in [0.2, 0.25) is 0 Å². The number of hydrogen-bond donors (Lipinski definition) is 0. The minimum absolute atomic E-state index is 0.318. The van der Waals surface area contributed by atoms with Gasteiger partial charge in [-0.15, -0.1) is 0 Å². The lowest BCUT2D eigenvalue weighted by molar-refractivity contribution is 0.572. The number of halogens is 2. The third-order valence-corrected chi connectivity index (χ3v) is 2.62. The molecule has 0 saturated heterocycles. The van der Waals surface area contributed by atoms with Crippen LogP contribution in [0.15, 0.2) is 30.6 Å². The molecule has 0 N–H and O–H groups in total. The lowest BCUT2D eigenvalue weighted by atomic mass is 10.2. The average molecular weight is 236 g/mol. The zero-order valence-corrected chi connectivity index (χ0v) is 9.66. The molecule has 2 rings (SSSR count). The van der Waals surface area contributed by atoms with Gasteiger partial charge in [-0.05, 0) is 24.6 Å². The van der Waals surface area contributed by atoms with Crippen LogP contribution < -0.4 is 0 Å². The second-order valence-corrected chi connectivity index (χ2v) is 3.96. The Bertz CT molecular complexity index is 506. The van der Waals surface area contributed by atoms with Crippen LogP contribution in [0.3, 0.4) is 0 Å². The summed E-state index contributed by atoms with van der Waals surface area (Å²) in [5.74, 6) is 0.0947. The third-order valence-electron chi connectivity index (χ3n) is 2.62. The molecule has 0 radical (unpaired) electrons. The van der Waals surface area contributed by atoms with Crippen LogP contribution in [0.4, 0.5) is 8.78 Å². The predicted molar refractivity (Wildman–Crippen MR) is 61.7 cm³/mol. The minimum Gasteiger partial charge on any atom is -0.330 e. The van der Waals surface area contributed by atoms with Crippen molar-refractivity contribution in [3.8, 4) is 0 Å². The van der Waals surface area contributed by atoms with Gasteiger partial charge in [-0.2, -0.15) is 0 Å². The first-order valence-electron chi connectivity index (χ1n) is 5.64. The van der Waals surface area contributed by atoms with E-state index in [0.717, 1.165) is 30.8 Å². The van der Waals surface area contributed by atoms with Crippen LogP contribution in [-0.2, 0) is 13.0 Å². The van der Waals surface area contributed by atoms with Gasteiger partial charge in [-0.3, -0.25) is 0 Å². The normalized spacial score (nSPS) is 10.8. The number of rotatable bonds is 4. The van der Waals surface area contributed by atoms with Crippen molar-refractivity contribution in [3.63, 3.8) is 0 Å². The van der Waals surface area contributed by atoms with E-state index in [1.54, 1.807) is 12.4 Å². The van der Waals surface area contributed by atoms with Crippen LogP contribution in [0.1, 0.15) is 24.7 Å². The number of benzene rings is 1. The fourth-order valence-electron chi connectivity index (χ4n) is 1.78. The Balaban J connectivity index is 2.25. The molecule has 0 aliphatic carbocycles. The highest BCUT2D eigenvalue weighted by Crippen LogP contribution is 2.13. The van der Waals surface area contributed by atoms with Crippen molar-refractivity contribution in [2.45, 2.75) is 26.3 Å². The van der Waals surface area contributed by atoms with Gasteiger partial charge in [0.05, 0.1) is 6.54 Å². The Morgan fingerprint density at radius 3 is 2.88 bits per heavy atom. The van der Waals surface area contributed by atoms with E-state index in [-0.39, 0.29) is 5.82 Å². The molecule has 1 aromatic heterocycles. The molecule has 0 aliphatic rings. The van der Waals surface area contributed by atoms with Crippen molar-refractivity contribution in [1.82, 2.24) is 9.55 Å². The number of aromatic nitrogens is 2. The number of hydrogen-bond acceptors (Lipinski definition) is 1. The lowest BCUT2D eigenvalue weighted by Crippen LogP contribution is -2.06. The van der Waals surface area contributed by atoms with Gasteiger partial charge in [0.15, 0.2) is 0 Å². The summed E-state index contributed by atoms with van der Waals surface area (Å²) in [5.41, 5.74) is 0.348. The summed E-state index contributed by atoms with van der Waals surface area (Å²) in [5, 5.41) is 0. The molecule has 0 amide bonds. The van der Waals surface area contributed by atoms with Crippen molar-refractivity contribution in [3.05, 3.63) is 53.6 Å². The number of nitrogens with zero attached hydrogens (tertiary/aromatic N) is 2. The summed E-state index contributed by atoms with van der Waals surface area (Å²) >= 11 is 0. The monoisotopic (exact) mass is 236 g/mol. The van der Waals surface area contributed by atoms with Crippen LogP contribution in [0.25, 0.3) is 0 Å². The van der Waals surface area contributed by atoms with Gasteiger partial charge in [0.1, 0.15) is 17.5 Å². The zero-order chi connectivity index (χ0) is 12.3. The summed E-state index contributed by atoms with van der Waals surface area (Å²) in [6, 6.07) is 3.51. The zero-order valence-electron chi connectivity index (χ0n) is 9.66. The third kappa shape index (κ3) is 2.70. The molecule has 17 heavy (non-hydrogen) atoms. The van der Waals surface area contributed by atoms with E-state index in [1.165, 1.54) is 6.07 Å². The summed E-state index contributed by atoms with van der Waals surface area (Å²) in [7, 11) is 0. The van der Waals surface area contributed by atoms with Crippen molar-refractivity contribution in [2.24, 2.45) is 0 Å². The molecule has 2 aromatic rings. The fourth-order valence-corrected chi connectivity index (χ4v) is 1.78. The maximum absolute atomic E-state index is 13.5. The molecule has 0 unspecified atom stereocenters. The smallest absolute Gasteiger partial charge is 0.128 e. The Morgan fingerprint density at radius 1 is 1.29 bits per heavy atom. The van der Waals surface area contributed by atoms with E-state index in [0.29, 0.717) is 12.1 Å². The summed E-state index contributed by atoms with van der Waals surface area (Å²) in [4.78, 5) is 4.20. The molecule has 0 saturated carbocycles. The standard InChI is InChI=1S/C13H14F2N2/c1-2-3-13-16-6-7-17(13)9-10-8-11(14)4-5-12(10)15/h4-8H,2-3,9H2,1H3. The van der Waals surface area contributed by atoms with Gasteiger partial charge in [0.25, 0.3) is 0 Å². The van der Waals surface area contributed by atoms with Crippen LogP contribution in [0.2, 0.25) is 0 Å². The quantitative estimate of drug-likeness (QED) is 0.797. The SMILES string of the molecule is CCCc1nccn1Cc1cc(F)ccc1F. The molecular formula is C13H14F2N2. The van der Waals surface area contributed by atoms with E-state index < -0.39 is 5.82 Å². The second-order valence-electron chi connectivity index (χ2n) is 3.96. The molecule has 1 heterocycles. The maximum Gasteiger partial charge on any atom is 0.128 e. The Hall–Kier alpha value is -1.71. The number of imidazole rings is 1. The molecule has 0 atom stereocenters. The summed E-state index contributed by atoms with van der Waals surface area (Å²) in [6.45, 7) is 2.38. The van der Waals surface area contributed by atoms with Gasteiger partial charge in [0, 0.05) is 24.4 Å². The first-order chi connectivity index (χ1) is 8.20. The van der Waals surface area contributed by atoms with Crippen LogP contribution >= 0.6 is 0 Å². The summed E-state index contributed by atoms with van der Waals surface area (Å²) < 4.78 is 28.4. The van der Waals surface area contributed by atoms with Crippen molar-refractivity contribution in [1.29, 1.82) is 0 Å². The van der Waals surface area contributed by atoms with E-state index in [9.17, 15) is 8.78 Å². The van der Waals surface area contributed by atoms with Crippen molar-refractivity contribution in [2.75, 3.05) is 0 Å². The van der Waals surface area contributed by atoms with Crippen LogP contribution in [0.5, 0.6) is 0 Å². The van der Waals surface area contributed by atoms with E-state index >= 15 is 0 Å². The molecular weight excluding hydrogens is 222 g/mol.